The number of nitrogens with zero attached hydrogens (tertiary/aromatic N) is 1. The summed E-state index contributed by atoms with van der Waals surface area (Å²) in [7, 11) is 0. The molecule has 0 saturated carbocycles. The van der Waals surface area contributed by atoms with Crippen LogP contribution in [-0.2, 0) is 14.3 Å². The van der Waals surface area contributed by atoms with Gasteiger partial charge in [0.2, 0.25) is 0 Å². The topological polar surface area (TPSA) is 79.6 Å². The Labute approximate surface area is 82.2 Å². The fraction of sp³-hybridized carbons (Fsp3) is 0.778. The predicted molar refractivity (Wildman–Crippen MR) is 46.3 cm³/mol. The Kier molecular flexibility index (Phi) is 3.44. The van der Waals surface area contributed by atoms with E-state index in [2.05, 4.69) is 0 Å². The lowest BCUT2D eigenvalue weighted by molar-refractivity contribution is -0.175. The Morgan fingerprint density at radius 1 is 1.64 bits per heavy atom. The van der Waals surface area contributed by atoms with E-state index in [1.807, 2.05) is 6.92 Å². The quantitative estimate of drug-likeness (QED) is 0.722. The van der Waals surface area contributed by atoms with Gasteiger partial charge in [-0.25, -0.2) is 0 Å². The maximum atomic E-state index is 10.6. The number of aliphatic carboxylic acids is 1. The molecule has 0 aromatic heterocycles. The molecule has 1 fully saturated rings. The van der Waals surface area contributed by atoms with Crippen molar-refractivity contribution in [3.8, 4) is 6.07 Å². The van der Waals surface area contributed by atoms with Crippen LogP contribution in [0.2, 0.25) is 0 Å². The Morgan fingerprint density at radius 3 is 2.57 bits per heavy atom. The van der Waals surface area contributed by atoms with Crippen molar-refractivity contribution in [1.82, 2.24) is 0 Å². The molecule has 1 N–H and O–H groups in total. The van der Waals surface area contributed by atoms with Gasteiger partial charge in [0.1, 0.15) is 5.92 Å². The van der Waals surface area contributed by atoms with Crippen LogP contribution in [0.25, 0.3) is 0 Å². The summed E-state index contributed by atoms with van der Waals surface area (Å²) < 4.78 is 10.7. The fourth-order valence-electron chi connectivity index (χ4n) is 1.46. The average Bonchev–Trinajstić information content (AvgIpc) is 2.63. The van der Waals surface area contributed by atoms with Gasteiger partial charge in [0.05, 0.1) is 19.3 Å². The van der Waals surface area contributed by atoms with E-state index in [9.17, 15) is 4.79 Å². The SMILES string of the molecule is CCC1(CC(C#N)C(=O)O)OCCO1. The molecule has 1 aliphatic heterocycles. The second-order valence-corrected chi connectivity index (χ2v) is 3.19. The molecule has 1 unspecified atom stereocenters. The van der Waals surface area contributed by atoms with Crippen molar-refractivity contribution < 1.29 is 19.4 Å². The Morgan fingerprint density at radius 2 is 2.21 bits per heavy atom. The standard InChI is InChI=1S/C9H13NO4/c1-2-9(13-3-4-14-9)5-7(6-10)8(11)12/h7H,2-5H2,1H3,(H,11,12). The molecule has 1 heterocycles. The molecule has 1 aliphatic rings. The number of hydrogen-bond acceptors (Lipinski definition) is 4. The molecule has 0 amide bonds. The molecular formula is C9H13NO4. The maximum Gasteiger partial charge on any atom is 0.321 e. The van der Waals surface area contributed by atoms with Crippen molar-refractivity contribution in [2.45, 2.75) is 25.6 Å². The first-order valence-electron chi connectivity index (χ1n) is 4.54. The molecule has 14 heavy (non-hydrogen) atoms. The third-order valence-electron chi connectivity index (χ3n) is 2.32. The van der Waals surface area contributed by atoms with Crippen molar-refractivity contribution >= 4 is 5.97 Å². The minimum atomic E-state index is -1.13. The summed E-state index contributed by atoms with van der Waals surface area (Å²) in [5, 5.41) is 17.3. The van der Waals surface area contributed by atoms with Gasteiger partial charge in [-0.2, -0.15) is 5.26 Å². The highest BCUT2D eigenvalue weighted by Crippen LogP contribution is 2.30. The molecule has 0 spiro atoms. The summed E-state index contributed by atoms with van der Waals surface area (Å²) in [5.74, 6) is -3.05. The molecule has 5 nitrogen and oxygen atoms in total. The summed E-state index contributed by atoms with van der Waals surface area (Å²) in [6, 6.07) is 1.73. The third kappa shape index (κ3) is 2.22. The highest BCUT2D eigenvalue weighted by Gasteiger charge is 2.39. The lowest BCUT2D eigenvalue weighted by atomic mass is 9.98. The van der Waals surface area contributed by atoms with Crippen LogP contribution in [0.4, 0.5) is 0 Å². The van der Waals surface area contributed by atoms with Gasteiger partial charge in [-0.15, -0.1) is 0 Å². The van der Waals surface area contributed by atoms with Gasteiger partial charge >= 0.3 is 5.97 Å². The summed E-state index contributed by atoms with van der Waals surface area (Å²) in [6.07, 6.45) is 0.647. The van der Waals surface area contributed by atoms with Gasteiger partial charge < -0.3 is 14.6 Å². The number of carboxylic acid groups (broad SMARTS) is 1. The van der Waals surface area contributed by atoms with Crippen LogP contribution in [-0.4, -0.2) is 30.1 Å². The van der Waals surface area contributed by atoms with E-state index in [0.717, 1.165) is 0 Å². The molecule has 1 saturated heterocycles. The van der Waals surface area contributed by atoms with Crippen molar-refractivity contribution in [3.63, 3.8) is 0 Å². The van der Waals surface area contributed by atoms with Crippen LogP contribution in [0.15, 0.2) is 0 Å². The first kappa shape index (κ1) is 11.0. The molecule has 0 bridgehead atoms. The lowest BCUT2D eigenvalue weighted by Crippen LogP contribution is -2.34. The molecular weight excluding hydrogens is 186 g/mol. The smallest absolute Gasteiger partial charge is 0.321 e. The van der Waals surface area contributed by atoms with E-state index in [-0.39, 0.29) is 6.42 Å². The Bertz CT molecular complexity index is 252. The minimum Gasteiger partial charge on any atom is -0.480 e. The second kappa shape index (κ2) is 4.40. The van der Waals surface area contributed by atoms with Crippen LogP contribution in [0, 0.1) is 17.2 Å². The number of ether oxygens (including phenoxy) is 2. The van der Waals surface area contributed by atoms with Crippen LogP contribution < -0.4 is 0 Å². The summed E-state index contributed by atoms with van der Waals surface area (Å²) >= 11 is 0. The minimum absolute atomic E-state index is 0.0926. The second-order valence-electron chi connectivity index (χ2n) is 3.19. The van der Waals surface area contributed by atoms with Crippen LogP contribution in [0.1, 0.15) is 19.8 Å². The van der Waals surface area contributed by atoms with Crippen molar-refractivity contribution in [1.29, 1.82) is 5.26 Å². The Hall–Kier alpha value is -1.12. The number of rotatable bonds is 4. The van der Waals surface area contributed by atoms with Crippen molar-refractivity contribution in [3.05, 3.63) is 0 Å². The van der Waals surface area contributed by atoms with Gasteiger partial charge in [-0.05, 0) is 6.42 Å². The number of nitriles is 1. The maximum absolute atomic E-state index is 10.6. The van der Waals surface area contributed by atoms with Gasteiger partial charge in [-0.1, -0.05) is 6.92 Å². The summed E-state index contributed by atoms with van der Waals surface area (Å²) in [5.41, 5.74) is 0. The highest BCUT2D eigenvalue weighted by molar-refractivity contribution is 5.72. The van der Waals surface area contributed by atoms with E-state index in [1.54, 1.807) is 6.07 Å². The van der Waals surface area contributed by atoms with Gasteiger partial charge in [-0.3, -0.25) is 4.79 Å². The van der Waals surface area contributed by atoms with Crippen LogP contribution in [0.5, 0.6) is 0 Å². The largest absolute Gasteiger partial charge is 0.480 e. The normalized spacial score (nSPS) is 21.4. The lowest BCUT2D eigenvalue weighted by Gasteiger charge is -2.26. The van der Waals surface area contributed by atoms with E-state index in [0.29, 0.717) is 19.6 Å². The number of hydrogen-bond donors (Lipinski definition) is 1. The number of carboxylic acids is 1. The zero-order chi connectivity index (χ0) is 10.6. The molecule has 0 radical (unpaired) electrons. The van der Waals surface area contributed by atoms with Crippen molar-refractivity contribution in [2.24, 2.45) is 5.92 Å². The first-order valence-corrected chi connectivity index (χ1v) is 4.54. The van der Waals surface area contributed by atoms with E-state index in [4.69, 9.17) is 19.8 Å². The zero-order valence-corrected chi connectivity index (χ0v) is 8.02. The molecule has 0 aromatic carbocycles. The first-order chi connectivity index (χ1) is 6.63. The summed E-state index contributed by atoms with van der Waals surface area (Å²) in [4.78, 5) is 10.6. The van der Waals surface area contributed by atoms with E-state index < -0.39 is 17.7 Å². The fourth-order valence-corrected chi connectivity index (χ4v) is 1.46. The molecule has 0 aromatic rings. The monoisotopic (exact) mass is 199 g/mol. The van der Waals surface area contributed by atoms with Crippen LogP contribution in [0.3, 0.4) is 0 Å². The van der Waals surface area contributed by atoms with E-state index >= 15 is 0 Å². The predicted octanol–water partition coefficient (Wildman–Crippen LogP) is 0.754. The third-order valence-corrected chi connectivity index (χ3v) is 2.32. The van der Waals surface area contributed by atoms with Gasteiger partial charge in [0.25, 0.3) is 0 Å². The zero-order valence-electron chi connectivity index (χ0n) is 8.02. The van der Waals surface area contributed by atoms with Gasteiger partial charge in [0, 0.05) is 6.42 Å². The Balaban J connectivity index is 2.64. The summed E-state index contributed by atoms with van der Waals surface area (Å²) in [6.45, 7) is 2.78. The molecule has 0 aliphatic carbocycles. The van der Waals surface area contributed by atoms with Gasteiger partial charge in [0.15, 0.2) is 5.79 Å². The highest BCUT2D eigenvalue weighted by atomic mass is 16.7. The van der Waals surface area contributed by atoms with Crippen LogP contribution >= 0.6 is 0 Å². The molecule has 1 rings (SSSR count). The molecule has 1 atom stereocenters. The molecule has 5 heteroatoms. The molecule has 78 valence electrons. The number of carbonyl (C=O) groups is 1. The average molecular weight is 199 g/mol. The van der Waals surface area contributed by atoms with E-state index in [1.165, 1.54) is 0 Å². The van der Waals surface area contributed by atoms with Crippen molar-refractivity contribution in [2.75, 3.05) is 13.2 Å².